The number of nitrogens with zero attached hydrogens (tertiary/aromatic N) is 2. The highest BCUT2D eigenvalue weighted by Crippen LogP contribution is 2.23. The number of hydrogen-bond acceptors (Lipinski definition) is 2. The number of nitrogens with two attached hydrogens (primary N) is 1. The van der Waals surface area contributed by atoms with Crippen LogP contribution in [0.25, 0.3) is 5.69 Å². The Labute approximate surface area is 108 Å². The van der Waals surface area contributed by atoms with E-state index in [0.29, 0.717) is 0 Å². The maximum atomic E-state index is 5.87. The monoisotopic (exact) mass is 241 g/mol. The Morgan fingerprint density at radius 3 is 2.61 bits per heavy atom. The molecule has 3 rings (SSSR count). The predicted octanol–water partition coefficient (Wildman–Crippen LogP) is 2.77. The zero-order valence-electron chi connectivity index (χ0n) is 10.8. The second-order valence-electron chi connectivity index (χ2n) is 5.10. The van der Waals surface area contributed by atoms with E-state index in [4.69, 9.17) is 5.73 Å². The van der Waals surface area contributed by atoms with Crippen molar-refractivity contribution in [2.75, 3.05) is 0 Å². The molecule has 0 spiro atoms. The van der Waals surface area contributed by atoms with Crippen LogP contribution in [0.2, 0.25) is 0 Å². The van der Waals surface area contributed by atoms with Gasteiger partial charge in [0.25, 0.3) is 0 Å². The van der Waals surface area contributed by atoms with Crippen molar-refractivity contribution in [2.45, 2.75) is 38.6 Å². The minimum absolute atomic E-state index is 0.0933. The summed E-state index contributed by atoms with van der Waals surface area (Å²) in [6, 6.07) is 8.57. The minimum atomic E-state index is 0.0933. The van der Waals surface area contributed by atoms with Crippen molar-refractivity contribution >= 4 is 0 Å². The van der Waals surface area contributed by atoms with Crippen LogP contribution in [0.3, 0.4) is 0 Å². The van der Waals surface area contributed by atoms with Crippen LogP contribution in [0.1, 0.15) is 42.8 Å². The van der Waals surface area contributed by atoms with E-state index in [1.54, 1.807) is 0 Å². The average Bonchev–Trinajstić information content (AvgIpc) is 2.82. The lowest BCUT2D eigenvalue weighted by molar-refractivity contribution is 0.656. The SMILES string of the molecule is C[C@@H](N)c1ccc(-n2cnc3c2CCCC3)cc1. The normalized spacial score (nSPS) is 16.3. The van der Waals surface area contributed by atoms with Crippen LogP contribution in [0.4, 0.5) is 0 Å². The third-order valence-corrected chi connectivity index (χ3v) is 3.73. The lowest BCUT2D eigenvalue weighted by Crippen LogP contribution is -2.08. The number of aromatic nitrogens is 2. The highest BCUT2D eigenvalue weighted by atomic mass is 15.1. The third-order valence-electron chi connectivity index (χ3n) is 3.73. The maximum absolute atomic E-state index is 5.87. The summed E-state index contributed by atoms with van der Waals surface area (Å²) in [5, 5.41) is 0. The lowest BCUT2D eigenvalue weighted by atomic mass is 10.0. The number of imidazole rings is 1. The fourth-order valence-electron chi connectivity index (χ4n) is 2.63. The van der Waals surface area contributed by atoms with Gasteiger partial charge in [-0.25, -0.2) is 4.98 Å². The second kappa shape index (κ2) is 4.58. The van der Waals surface area contributed by atoms with E-state index in [9.17, 15) is 0 Å². The van der Waals surface area contributed by atoms with Crippen LogP contribution in [-0.2, 0) is 12.8 Å². The third kappa shape index (κ3) is 1.95. The molecule has 0 aliphatic heterocycles. The van der Waals surface area contributed by atoms with E-state index < -0.39 is 0 Å². The Balaban J connectivity index is 1.97. The largest absolute Gasteiger partial charge is 0.324 e. The number of aryl methyl sites for hydroxylation is 1. The molecule has 3 heteroatoms. The van der Waals surface area contributed by atoms with E-state index >= 15 is 0 Å². The van der Waals surface area contributed by atoms with Gasteiger partial charge in [0.15, 0.2) is 0 Å². The molecule has 1 aromatic carbocycles. The van der Waals surface area contributed by atoms with Crippen LogP contribution < -0.4 is 5.73 Å². The molecule has 1 aliphatic carbocycles. The van der Waals surface area contributed by atoms with Crippen LogP contribution in [0.15, 0.2) is 30.6 Å². The molecule has 0 bridgehead atoms. The fourth-order valence-corrected chi connectivity index (χ4v) is 2.63. The number of fused-ring (bicyclic) bond motifs is 1. The summed E-state index contributed by atoms with van der Waals surface area (Å²) in [5.41, 5.74) is 10.9. The molecular weight excluding hydrogens is 222 g/mol. The fraction of sp³-hybridized carbons (Fsp3) is 0.400. The van der Waals surface area contributed by atoms with Gasteiger partial charge in [0.05, 0.1) is 12.0 Å². The van der Waals surface area contributed by atoms with Gasteiger partial charge in [-0.3, -0.25) is 0 Å². The quantitative estimate of drug-likeness (QED) is 0.878. The summed E-state index contributed by atoms with van der Waals surface area (Å²) in [7, 11) is 0. The second-order valence-corrected chi connectivity index (χ2v) is 5.10. The van der Waals surface area contributed by atoms with Gasteiger partial charge in [-0.05, 0) is 50.3 Å². The van der Waals surface area contributed by atoms with E-state index in [1.165, 1.54) is 35.5 Å². The molecule has 0 saturated carbocycles. The van der Waals surface area contributed by atoms with Crippen LogP contribution in [-0.4, -0.2) is 9.55 Å². The molecule has 0 unspecified atom stereocenters. The van der Waals surface area contributed by atoms with E-state index in [2.05, 4.69) is 33.8 Å². The molecule has 0 radical (unpaired) electrons. The lowest BCUT2D eigenvalue weighted by Gasteiger charge is -2.14. The summed E-state index contributed by atoms with van der Waals surface area (Å²) in [6.07, 6.45) is 6.77. The van der Waals surface area contributed by atoms with Crippen LogP contribution in [0, 0.1) is 0 Å². The number of hydrogen-bond donors (Lipinski definition) is 1. The minimum Gasteiger partial charge on any atom is -0.324 e. The van der Waals surface area contributed by atoms with Gasteiger partial charge in [0.1, 0.15) is 0 Å². The molecule has 18 heavy (non-hydrogen) atoms. The summed E-state index contributed by atoms with van der Waals surface area (Å²) in [4.78, 5) is 4.53. The summed E-state index contributed by atoms with van der Waals surface area (Å²) in [6.45, 7) is 2.01. The summed E-state index contributed by atoms with van der Waals surface area (Å²) < 4.78 is 2.22. The molecule has 0 amide bonds. The Morgan fingerprint density at radius 1 is 1.17 bits per heavy atom. The first-order valence-electron chi connectivity index (χ1n) is 6.67. The van der Waals surface area contributed by atoms with Crippen LogP contribution in [0.5, 0.6) is 0 Å². The Kier molecular flexibility index (Phi) is 2.92. The molecule has 2 N–H and O–H groups in total. The van der Waals surface area contributed by atoms with Gasteiger partial charge < -0.3 is 10.3 Å². The molecule has 0 saturated heterocycles. The van der Waals surface area contributed by atoms with Crippen molar-refractivity contribution in [1.29, 1.82) is 0 Å². The molecule has 3 nitrogen and oxygen atoms in total. The molecule has 0 fully saturated rings. The molecular formula is C15H19N3. The Morgan fingerprint density at radius 2 is 1.89 bits per heavy atom. The first-order valence-corrected chi connectivity index (χ1v) is 6.67. The molecule has 1 aliphatic rings. The van der Waals surface area contributed by atoms with Crippen LogP contribution >= 0.6 is 0 Å². The van der Waals surface area contributed by atoms with Crippen molar-refractivity contribution in [3.8, 4) is 5.69 Å². The molecule has 94 valence electrons. The smallest absolute Gasteiger partial charge is 0.0997 e. The van der Waals surface area contributed by atoms with E-state index in [-0.39, 0.29) is 6.04 Å². The van der Waals surface area contributed by atoms with Crippen molar-refractivity contribution in [3.05, 3.63) is 47.5 Å². The van der Waals surface area contributed by atoms with E-state index in [0.717, 1.165) is 12.8 Å². The van der Waals surface area contributed by atoms with Gasteiger partial charge in [-0.15, -0.1) is 0 Å². The highest BCUT2D eigenvalue weighted by Gasteiger charge is 2.15. The Hall–Kier alpha value is -1.61. The summed E-state index contributed by atoms with van der Waals surface area (Å²) >= 11 is 0. The average molecular weight is 241 g/mol. The van der Waals surface area contributed by atoms with Gasteiger partial charge in [-0.1, -0.05) is 12.1 Å². The van der Waals surface area contributed by atoms with Crippen molar-refractivity contribution in [3.63, 3.8) is 0 Å². The Bertz CT molecular complexity index is 537. The van der Waals surface area contributed by atoms with Gasteiger partial charge >= 0.3 is 0 Å². The number of benzene rings is 1. The maximum Gasteiger partial charge on any atom is 0.0997 e. The zero-order chi connectivity index (χ0) is 12.5. The molecule has 1 heterocycles. The van der Waals surface area contributed by atoms with Crippen molar-refractivity contribution < 1.29 is 0 Å². The highest BCUT2D eigenvalue weighted by molar-refractivity contribution is 5.38. The topological polar surface area (TPSA) is 43.8 Å². The van der Waals surface area contributed by atoms with Gasteiger partial charge in [0.2, 0.25) is 0 Å². The van der Waals surface area contributed by atoms with Crippen molar-refractivity contribution in [1.82, 2.24) is 9.55 Å². The standard InChI is InChI=1S/C15H19N3/c1-11(16)12-6-8-13(9-7-12)18-10-17-14-4-2-3-5-15(14)18/h6-11H,2-5,16H2,1H3/t11-/m1/s1. The first kappa shape index (κ1) is 11.5. The van der Waals surface area contributed by atoms with E-state index in [1.807, 2.05) is 13.3 Å². The molecule has 1 aromatic heterocycles. The molecule has 1 atom stereocenters. The first-order chi connectivity index (χ1) is 8.75. The van der Waals surface area contributed by atoms with Gasteiger partial charge in [-0.2, -0.15) is 0 Å². The predicted molar refractivity (Wildman–Crippen MR) is 72.8 cm³/mol. The van der Waals surface area contributed by atoms with Crippen molar-refractivity contribution in [2.24, 2.45) is 5.73 Å². The van der Waals surface area contributed by atoms with Gasteiger partial charge in [0, 0.05) is 17.4 Å². The molecule has 2 aromatic rings. The number of rotatable bonds is 2. The zero-order valence-corrected chi connectivity index (χ0v) is 10.8. The summed E-state index contributed by atoms with van der Waals surface area (Å²) in [5.74, 6) is 0.